The summed E-state index contributed by atoms with van der Waals surface area (Å²) >= 11 is 2.94. The van der Waals surface area contributed by atoms with E-state index in [1.807, 2.05) is 0 Å². The molecule has 6 rings (SSSR count). The number of alkyl halides is 7. The number of rotatable bonds is 11. The van der Waals surface area contributed by atoms with Crippen molar-refractivity contribution in [2.45, 2.75) is 39.0 Å². The van der Waals surface area contributed by atoms with Crippen molar-refractivity contribution in [1.29, 1.82) is 0 Å². The Morgan fingerprint density at radius 3 is 1.70 bits per heavy atom. The van der Waals surface area contributed by atoms with Gasteiger partial charge in [-0.05, 0) is 59.7 Å². The number of nitrogens with one attached hydrogen (secondary N) is 1. The second-order valence-corrected chi connectivity index (χ2v) is 11.7. The normalized spacial score (nSPS) is 11.2. The van der Waals surface area contributed by atoms with Crippen LogP contribution in [0.1, 0.15) is 52.3 Å². The van der Waals surface area contributed by atoms with Crippen LogP contribution in [0, 0.1) is 0 Å². The van der Waals surface area contributed by atoms with E-state index in [1.165, 1.54) is 49.3 Å². The SMILES string of the molecule is CCOC(=O)CBr.CCOCC(=O)n1nnc(-c2cncnc2Cc2ccc(C(F)(F)F)cc2)n1.FC(F)(F)c1ccc(Cc2ncncc2-c2nn[nH]n2)cc1. The number of benzene rings is 2. The Balaban J connectivity index is 0.000000221. The fourth-order valence-electron chi connectivity index (χ4n) is 4.53. The molecule has 0 radical (unpaired) electrons. The number of aromatic amines is 1. The van der Waals surface area contributed by atoms with Crippen LogP contribution in [-0.2, 0) is 39.5 Å². The smallest absolute Gasteiger partial charge is 0.416 e. The zero-order chi connectivity index (χ0) is 41.4. The molecule has 1 N–H and O–H groups in total. The van der Waals surface area contributed by atoms with Crippen molar-refractivity contribution in [1.82, 2.24) is 60.8 Å². The maximum atomic E-state index is 12.7. The number of carbonyl (C=O) groups excluding carboxylic acids is 2. The maximum absolute atomic E-state index is 12.7. The Morgan fingerprint density at radius 2 is 1.28 bits per heavy atom. The second-order valence-electron chi connectivity index (χ2n) is 11.1. The molecule has 0 aliphatic carbocycles. The van der Waals surface area contributed by atoms with Gasteiger partial charge >= 0.3 is 18.3 Å². The van der Waals surface area contributed by atoms with Crippen LogP contribution in [0.3, 0.4) is 0 Å². The lowest BCUT2D eigenvalue weighted by atomic mass is 10.0. The van der Waals surface area contributed by atoms with Crippen LogP contribution < -0.4 is 0 Å². The van der Waals surface area contributed by atoms with Crippen LogP contribution >= 0.6 is 15.9 Å². The molecule has 2 aromatic carbocycles. The third-order valence-corrected chi connectivity index (χ3v) is 7.66. The molecule has 16 nitrogen and oxygen atoms in total. The van der Waals surface area contributed by atoms with Crippen LogP contribution in [0.25, 0.3) is 22.8 Å². The molecule has 57 heavy (non-hydrogen) atoms. The molecule has 0 fully saturated rings. The van der Waals surface area contributed by atoms with Gasteiger partial charge in [-0.15, -0.1) is 20.4 Å². The van der Waals surface area contributed by atoms with Crippen LogP contribution in [0.4, 0.5) is 26.3 Å². The standard InChI is InChI=1S/C17H15F3N6O2.C13H9F3N6.C4H7BrO2/c1-2-28-9-15(27)26-24-16(23-25-26)13-8-21-10-22-14(13)7-11-3-5-12(6-4-11)17(18,19)20;14-13(15,16)9-3-1-8(2-4-9)5-11-10(6-17-7-18-11)12-19-21-22-20-12;1-2-7-4(6)3-5/h3-6,8,10H,2,7,9H2,1H3;1-4,6-7H,5H2,(H,19,20,21,22);2-3H2,1H3. The molecular formula is C34H31BrF6N12O4. The molecule has 6 aromatic rings. The van der Waals surface area contributed by atoms with Crippen molar-refractivity contribution in [3.63, 3.8) is 0 Å². The summed E-state index contributed by atoms with van der Waals surface area (Å²) in [6.07, 6.45) is -2.49. The lowest BCUT2D eigenvalue weighted by molar-refractivity contribution is -0.140. The van der Waals surface area contributed by atoms with Crippen molar-refractivity contribution in [2.75, 3.05) is 25.2 Å². The fourth-order valence-corrected chi connectivity index (χ4v) is 4.69. The van der Waals surface area contributed by atoms with Crippen LogP contribution in [0.5, 0.6) is 0 Å². The van der Waals surface area contributed by atoms with Gasteiger partial charge in [0.05, 0.1) is 40.2 Å². The molecule has 4 aromatic heterocycles. The predicted octanol–water partition coefficient (Wildman–Crippen LogP) is 5.63. The number of esters is 1. The minimum atomic E-state index is -4.39. The third-order valence-electron chi connectivity index (χ3n) is 7.20. The third kappa shape index (κ3) is 13.3. The van der Waals surface area contributed by atoms with Gasteiger partial charge in [-0.1, -0.05) is 45.0 Å². The number of aromatic nitrogens is 12. The Morgan fingerprint density at radius 1 is 0.754 bits per heavy atom. The summed E-state index contributed by atoms with van der Waals surface area (Å²) in [5.74, 6) is -0.223. The number of H-pyrrole nitrogens is 1. The first-order chi connectivity index (χ1) is 27.2. The summed E-state index contributed by atoms with van der Waals surface area (Å²) in [7, 11) is 0. The van der Waals surface area contributed by atoms with Gasteiger partial charge < -0.3 is 9.47 Å². The molecule has 0 aliphatic rings. The van der Waals surface area contributed by atoms with Crippen molar-refractivity contribution in [3.05, 3.63) is 107 Å². The Hall–Kier alpha value is -6.10. The number of ether oxygens (including phenoxy) is 2. The monoisotopic (exact) mass is 864 g/mol. The number of halogens is 7. The summed E-state index contributed by atoms with van der Waals surface area (Å²) in [5, 5.41) is 25.4. The number of hydrogen-bond acceptors (Lipinski definition) is 14. The molecule has 0 bridgehead atoms. The highest BCUT2D eigenvalue weighted by molar-refractivity contribution is 9.09. The summed E-state index contributed by atoms with van der Waals surface area (Å²) in [6, 6.07) is 9.72. The van der Waals surface area contributed by atoms with E-state index < -0.39 is 29.4 Å². The van der Waals surface area contributed by atoms with Gasteiger partial charge in [0.15, 0.2) is 0 Å². The van der Waals surface area contributed by atoms with Gasteiger partial charge in [-0.2, -0.15) is 31.6 Å². The lowest BCUT2D eigenvalue weighted by Gasteiger charge is -2.08. The predicted molar refractivity (Wildman–Crippen MR) is 190 cm³/mol. The molecule has 0 aliphatic heterocycles. The highest BCUT2D eigenvalue weighted by Gasteiger charge is 2.31. The first-order valence-electron chi connectivity index (χ1n) is 16.5. The van der Waals surface area contributed by atoms with Gasteiger partial charge in [0.1, 0.15) is 24.6 Å². The maximum Gasteiger partial charge on any atom is 0.416 e. The van der Waals surface area contributed by atoms with Crippen molar-refractivity contribution in [3.8, 4) is 22.8 Å². The van der Waals surface area contributed by atoms with E-state index in [9.17, 15) is 35.9 Å². The summed E-state index contributed by atoms with van der Waals surface area (Å²) < 4.78 is 85.3. The van der Waals surface area contributed by atoms with E-state index in [0.29, 0.717) is 64.4 Å². The first kappa shape index (κ1) is 43.6. The molecular weight excluding hydrogens is 834 g/mol. The molecule has 0 saturated heterocycles. The molecule has 0 atom stereocenters. The summed E-state index contributed by atoms with van der Waals surface area (Å²) in [4.78, 5) is 39.0. The first-order valence-corrected chi connectivity index (χ1v) is 17.6. The zero-order valence-electron chi connectivity index (χ0n) is 29.9. The van der Waals surface area contributed by atoms with Crippen molar-refractivity contribution >= 4 is 27.8 Å². The van der Waals surface area contributed by atoms with Crippen molar-refractivity contribution < 1.29 is 45.4 Å². The van der Waals surface area contributed by atoms with E-state index in [0.717, 1.165) is 29.1 Å². The highest BCUT2D eigenvalue weighted by Crippen LogP contribution is 2.31. The van der Waals surface area contributed by atoms with Crippen molar-refractivity contribution in [2.24, 2.45) is 0 Å². The van der Waals surface area contributed by atoms with Gasteiger partial charge in [-0.25, -0.2) is 19.9 Å². The van der Waals surface area contributed by atoms with Gasteiger partial charge in [0.2, 0.25) is 11.6 Å². The molecule has 23 heteroatoms. The molecule has 0 saturated carbocycles. The van der Waals surface area contributed by atoms with Crippen LogP contribution in [-0.4, -0.2) is 97.8 Å². The fraction of sp³-hybridized carbons (Fsp3) is 0.294. The highest BCUT2D eigenvalue weighted by atomic mass is 79.9. The average Bonchev–Trinajstić information content (AvgIpc) is 3.92. The number of carbonyl (C=O) groups is 2. The molecule has 4 heterocycles. The minimum Gasteiger partial charge on any atom is -0.465 e. The number of tetrazole rings is 2. The second kappa shape index (κ2) is 20.7. The summed E-state index contributed by atoms with van der Waals surface area (Å²) in [6.45, 7) is 4.18. The molecule has 300 valence electrons. The Labute approximate surface area is 327 Å². The number of nitrogens with zero attached hydrogens (tertiary/aromatic N) is 11. The average molecular weight is 866 g/mol. The lowest BCUT2D eigenvalue weighted by Crippen LogP contribution is -2.20. The Kier molecular flexibility index (Phi) is 15.9. The zero-order valence-corrected chi connectivity index (χ0v) is 31.5. The van der Waals surface area contributed by atoms with E-state index >= 15 is 0 Å². The summed E-state index contributed by atoms with van der Waals surface area (Å²) in [5.41, 5.74) is 2.01. The van der Waals surface area contributed by atoms with E-state index in [2.05, 4.69) is 76.6 Å². The quantitative estimate of drug-likeness (QED) is 0.0954. The van der Waals surface area contributed by atoms with E-state index in [-0.39, 0.29) is 24.8 Å². The van der Waals surface area contributed by atoms with E-state index in [4.69, 9.17) is 4.74 Å². The van der Waals surface area contributed by atoms with Gasteiger partial charge in [0, 0.05) is 31.8 Å². The molecule has 0 spiro atoms. The number of hydrogen-bond donors (Lipinski definition) is 1. The Bertz CT molecular complexity index is 2170. The molecule has 0 unspecified atom stereocenters. The van der Waals surface area contributed by atoms with E-state index in [1.54, 1.807) is 13.8 Å². The van der Waals surface area contributed by atoms with Gasteiger partial charge in [-0.3, -0.25) is 9.59 Å². The van der Waals surface area contributed by atoms with Gasteiger partial charge in [0.25, 0.3) is 5.91 Å². The minimum absolute atomic E-state index is 0.132. The van der Waals surface area contributed by atoms with Crippen LogP contribution in [0.2, 0.25) is 0 Å². The topological polar surface area (TPSA) is 202 Å². The van der Waals surface area contributed by atoms with Crippen LogP contribution in [0.15, 0.2) is 73.6 Å². The molecule has 0 amide bonds. The largest absolute Gasteiger partial charge is 0.465 e.